The van der Waals surface area contributed by atoms with Crippen molar-refractivity contribution in [3.05, 3.63) is 93.2 Å². The lowest BCUT2D eigenvalue weighted by molar-refractivity contribution is -0.142. The van der Waals surface area contributed by atoms with Gasteiger partial charge in [0.15, 0.2) is 0 Å². The van der Waals surface area contributed by atoms with E-state index in [1.54, 1.807) is 11.3 Å². The number of carbonyl (C=O) groups excluding carboxylic acids is 2. The molecule has 0 saturated carbocycles. The number of hydrogen-bond donors (Lipinski definition) is 0. The summed E-state index contributed by atoms with van der Waals surface area (Å²) < 4.78 is 0. The number of benzene rings is 2. The van der Waals surface area contributed by atoms with Gasteiger partial charge in [0.25, 0.3) is 0 Å². The second kappa shape index (κ2) is 8.91. The van der Waals surface area contributed by atoms with E-state index in [-0.39, 0.29) is 30.2 Å². The summed E-state index contributed by atoms with van der Waals surface area (Å²) >= 11 is 1.77. The Morgan fingerprint density at radius 1 is 0.969 bits per heavy atom. The largest absolute Gasteiger partial charge is 0.338 e. The summed E-state index contributed by atoms with van der Waals surface area (Å²) in [7, 11) is 0. The Morgan fingerprint density at radius 2 is 1.72 bits per heavy atom. The van der Waals surface area contributed by atoms with Gasteiger partial charge in [0.1, 0.15) is 0 Å². The monoisotopic (exact) mass is 444 g/mol. The fraction of sp³-hybridized carbons (Fsp3) is 0.333. The van der Waals surface area contributed by atoms with Crippen molar-refractivity contribution >= 4 is 23.2 Å². The Bertz CT molecular complexity index is 1120. The third kappa shape index (κ3) is 3.97. The predicted molar refractivity (Wildman–Crippen MR) is 127 cm³/mol. The molecule has 0 aliphatic carbocycles. The number of fused-ring (bicyclic) bond motifs is 2. The van der Waals surface area contributed by atoms with Gasteiger partial charge in [-0.3, -0.25) is 9.59 Å². The van der Waals surface area contributed by atoms with Crippen molar-refractivity contribution in [2.45, 2.75) is 38.8 Å². The zero-order valence-corrected chi connectivity index (χ0v) is 19.2. The lowest BCUT2D eigenvalue weighted by Gasteiger charge is -2.37. The minimum Gasteiger partial charge on any atom is -0.338 e. The molecule has 0 bridgehead atoms. The van der Waals surface area contributed by atoms with E-state index in [0.717, 1.165) is 24.9 Å². The Balaban J connectivity index is 1.31. The number of hydrogen-bond acceptors (Lipinski definition) is 3. The van der Waals surface area contributed by atoms with Crippen molar-refractivity contribution in [1.82, 2.24) is 9.80 Å². The van der Waals surface area contributed by atoms with Gasteiger partial charge in [-0.05, 0) is 46.5 Å². The molecule has 5 heteroatoms. The first-order valence-corrected chi connectivity index (χ1v) is 12.3. The molecule has 0 radical (unpaired) electrons. The van der Waals surface area contributed by atoms with Crippen LogP contribution in [0.5, 0.6) is 0 Å². The highest BCUT2D eigenvalue weighted by Crippen LogP contribution is 2.38. The highest BCUT2D eigenvalue weighted by Gasteiger charge is 2.34. The summed E-state index contributed by atoms with van der Waals surface area (Å²) in [6.45, 7) is 3.97. The van der Waals surface area contributed by atoms with Crippen LogP contribution in [-0.2, 0) is 29.0 Å². The van der Waals surface area contributed by atoms with Crippen LogP contribution in [0.3, 0.4) is 0 Å². The summed E-state index contributed by atoms with van der Waals surface area (Å²) in [6, 6.07) is 20.7. The van der Waals surface area contributed by atoms with E-state index in [9.17, 15) is 9.59 Å². The molecule has 0 spiro atoms. The van der Waals surface area contributed by atoms with E-state index in [4.69, 9.17) is 0 Å². The van der Waals surface area contributed by atoms with Crippen LogP contribution < -0.4 is 0 Å². The number of rotatable bonds is 4. The van der Waals surface area contributed by atoms with Crippen LogP contribution in [-0.4, -0.2) is 34.7 Å². The van der Waals surface area contributed by atoms with E-state index in [1.165, 1.54) is 21.6 Å². The van der Waals surface area contributed by atoms with E-state index in [0.29, 0.717) is 13.1 Å². The van der Waals surface area contributed by atoms with Crippen molar-refractivity contribution in [3.8, 4) is 0 Å². The number of amides is 2. The molecule has 4 nitrogen and oxygen atoms in total. The SMILES string of the molecule is CC(CC(=O)N1CCc2sccc2C1c1ccccc1)C(=O)N1CCc2ccccc2C1. The second-order valence-corrected chi connectivity index (χ2v) is 9.83. The Morgan fingerprint density at radius 3 is 2.53 bits per heavy atom. The minimum atomic E-state index is -0.326. The molecule has 2 aliphatic heterocycles. The zero-order chi connectivity index (χ0) is 22.1. The third-order valence-electron chi connectivity index (χ3n) is 6.75. The van der Waals surface area contributed by atoms with Crippen molar-refractivity contribution in [2.24, 2.45) is 5.92 Å². The van der Waals surface area contributed by atoms with Gasteiger partial charge in [0.2, 0.25) is 11.8 Å². The molecule has 1 aromatic heterocycles. The molecule has 2 amide bonds. The smallest absolute Gasteiger partial charge is 0.226 e. The van der Waals surface area contributed by atoms with E-state index in [1.807, 2.05) is 41.0 Å². The first-order chi connectivity index (χ1) is 15.6. The van der Waals surface area contributed by atoms with Crippen LogP contribution in [0.1, 0.15) is 46.5 Å². The van der Waals surface area contributed by atoms with Gasteiger partial charge in [0, 0.05) is 36.9 Å². The molecule has 2 aromatic carbocycles. The van der Waals surface area contributed by atoms with Gasteiger partial charge in [-0.15, -0.1) is 11.3 Å². The van der Waals surface area contributed by atoms with E-state index >= 15 is 0 Å². The van der Waals surface area contributed by atoms with Crippen molar-refractivity contribution in [2.75, 3.05) is 13.1 Å². The maximum Gasteiger partial charge on any atom is 0.226 e. The molecule has 0 saturated heterocycles. The van der Waals surface area contributed by atoms with Crippen LogP contribution in [0.25, 0.3) is 0 Å². The highest BCUT2D eigenvalue weighted by atomic mass is 32.1. The first kappa shape index (κ1) is 21.0. The fourth-order valence-corrected chi connectivity index (χ4v) is 5.95. The van der Waals surface area contributed by atoms with Crippen LogP contribution >= 0.6 is 11.3 Å². The normalized spacial score (nSPS) is 18.6. The average Bonchev–Trinajstić information content (AvgIpc) is 3.32. The maximum atomic E-state index is 13.5. The summed E-state index contributed by atoms with van der Waals surface area (Å²) in [4.78, 5) is 31.9. The Hall–Kier alpha value is -2.92. The molecule has 5 rings (SSSR count). The van der Waals surface area contributed by atoms with Crippen molar-refractivity contribution in [3.63, 3.8) is 0 Å². The lowest BCUT2D eigenvalue weighted by Crippen LogP contribution is -2.43. The van der Waals surface area contributed by atoms with E-state index in [2.05, 4.69) is 41.8 Å². The molecule has 2 atom stereocenters. The number of carbonyl (C=O) groups is 2. The van der Waals surface area contributed by atoms with Crippen molar-refractivity contribution in [1.29, 1.82) is 0 Å². The van der Waals surface area contributed by atoms with Gasteiger partial charge in [0.05, 0.1) is 6.04 Å². The Labute approximate surface area is 193 Å². The molecule has 2 unspecified atom stereocenters. The minimum absolute atomic E-state index is 0.0639. The van der Waals surface area contributed by atoms with Crippen LogP contribution in [0, 0.1) is 5.92 Å². The highest BCUT2D eigenvalue weighted by molar-refractivity contribution is 7.10. The molecular formula is C27H28N2O2S. The van der Waals surface area contributed by atoms with Crippen LogP contribution in [0.4, 0.5) is 0 Å². The molecule has 164 valence electrons. The maximum absolute atomic E-state index is 13.5. The topological polar surface area (TPSA) is 40.6 Å². The van der Waals surface area contributed by atoms with Gasteiger partial charge in [-0.25, -0.2) is 0 Å². The molecule has 0 fully saturated rings. The third-order valence-corrected chi connectivity index (χ3v) is 7.74. The number of thiophene rings is 1. The Kier molecular flexibility index (Phi) is 5.83. The molecular weight excluding hydrogens is 416 g/mol. The number of nitrogens with zero attached hydrogens (tertiary/aromatic N) is 2. The lowest BCUT2D eigenvalue weighted by atomic mass is 9.92. The molecule has 0 N–H and O–H groups in total. The first-order valence-electron chi connectivity index (χ1n) is 11.4. The van der Waals surface area contributed by atoms with E-state index < -0.39 is 0 Å². The molecule has 2 aliphatic rings. The van der Waals surface area contributed by atoms with Gasteiger partial charge < -0.3 is 9.80 Å². The van der Waals surface area contributed by atoms with Gasteiger partial charge in [-0.2, -0.15) is 0 Å². The predicted octanol–water partition coefficient (Wildman–Crippen LogP) is 4.83. The summed E-state index contributed by atoms with van der Waals surface area (Å²) in [6.07, 6.45) is 2.01. The summed E-state index contributed by atoms with van der Waals surface area (Å²) in [5.41, 5.74) is 4.90. The molecule has 3 aromatic rings. The molecule has 3 heterocycles. The molecule has 32 heavy (non-hydrogen) atoms. The summed E-state index contributed by atoms with van der Waals surface area (Å²) in [5.74, 6) is -0.181. The standard InChI is InChI=1S/C27H28N2O2S/c1-19(27(31)28-14-11-20-7-5-6-10-22(20)18-28)17-25(30)29-15-12-24-23(13-16-32-24)26(29)21-8-3-2-4-9-21/h2-10,13,16,19,26H,11-12,14-15,17-18H2,1H3. The van der Waals surface area contributed by atoms with Gasteiger partial charge in [-0.1, -0.05) is 61.5 Å². The summed E-state index contributed by atoms with van der Waals surface area (Å²) in [5, 5.41) is 2.12. The zero-order valence-electron chi connectivity index (χ0n) is 18.4. The van der Waals surface area contributed by atoms with Gasteiger partial charge >= 0.3 is 0 Å². The van der Waals surface area contributed by atoms with Crippen molar-refractivity contribution < 1.29 is 9.59 Å². The second-order valence-electron chi connectivity index (χ2n) is 8.83. The van der Waals surface area contributed by atoms with Crippen LogP contribution in [0.2, 0.25) is 0 Å². The quantitative estimate of drug-likeness (QED) is 0.578. The fourth-order valence-electron chi connectivity index (χ4n) is 5.04. The van der Waals surface area contributed by atoms with Crippen LogP contribution in [0.15, 0.2) is 66.0 Å². The average molecular weight is 445 g/mol.